The zero-order valence-electron chi connectivity index (χ0n) is 12.6. The van der Waals surface area contributed by atoms with E-state index in [4.69, 9.17) is 10.7 Å². The predicted octanol–water partition coefficient (Wildman–Crippen LogP) is 3.65. The third-order valence-corrected chi connectivity index (χ3v) is 3.17. The van der Waals surface area contributed by atoms with Gasteiger partial charge in [-0.2, -0.15) is 0 Å². The Morgan fingerprint density at radius 1 is 1.00 bits per heavy atom. The first-order chi connectivity index (χ1) is 8.31. The highest BCUT2D eigenvalue weighted by molar-refractivity contribution is 5.31. The molecule has 0 bridgehead atoms. The van der Waals surface area contributed by atoms with Crippen LogP contribution >= 0.6 is 0 Å². The van der Waals surface area contributed by atoms with Crippen LogP contribution < -0.4 is 5.73 Å². The van der Waals surface area contributed by atoms with E-state index in [9.17, 15) is 0 Å². The quantitative estimate of drug-likeness (QED) is 0.866. The van der Waals surface area contributed by atoms with Crippen LogP contribution in [0.3, 0.4) is 0 Å². The van der Waals surface area contributed by atoms with Crippen LogP contribution in [0.15, 0.2) is 6.07 Å². The lowest BCUT2D eigenvalue weighted by Gasteiger charge is -2.24. The monoisotopic (exact) mass is 249 g/mol. The van der Waals surface area contributed by atoms with Gasteiger partial charge in [0.2, 0.25) is 0 Å². The molecule has 0 atom stereocenters. The van der Waals surface area contributed by atoms with Gasteiger partial charge in [-0.25, -0.2) is 9.97 Å². The zero-order valence-corrected chi connectivity index (χ0v) is 12.6. The normalized spacial score (nSPS) is 12.1. The Morgan fingerprint density at radius 2 is 1.56 bits per heavy atom. The number of rotatable bonds is 5. The lowest BCUT2D eigenvalue weighted by atomic mass is 9.85. The molecule has 1 heterocycles. The maximum Gasteiger partial charge on any atom is 0.134 e. The SMILES string of the molecule is CC(C)Cc1cc(N)nc(C(C(C)C)C(C)C)n1. The summed E-state index contributed by atoms with van der Waals surface area (Å²) in [6.07, 6.45) is 0.961. The number of hydrogen-bond donors (Lipinski definition) is 1. The average Bonchev–Trinajstić information content (AvgIpc) is 2.13. The van der Waals surface area contributed by atoms with Crippen LogP contribution in [0.2, 0.25) is 0 Å². The van der Waals surface area contributed by atoms with Crippen molar-refractivity contribution in [3.8, 4) is 0 Å². The Morgan fingerprint density at radius 3 is 2.00 bits per heavy atom. The lowest BCUT2D eigenvalue weighted by molar-refractivity contribution is 0.370. The summed E-state index contributed by atoms with van der Waals surface area (Å²) in [5.74, 6) is 3.53. The highest BCUT2D eigenvalue weighted by atomic mass is 15.0. The molecule has 18 heavy (non-hydrogen) atoms. The average molecular weight is 249 g/mol. The third-order valence-electron chi connectivity index (χ3n) is 3.17. The Balaban J connectivity index is 3.10. The molecular weight excluding hydrogens is 222 g/mol. The number of anilines is 1. The molecule has 3 nitrogen and oxygen atoms in total. The second-order valence-electron chi connectivity index (χ2n) is 6.25. The van der Waals surface area contributed by atoms with Crippen LogP contribution in [0.25, 0.3) is 0 Å². The fraction of sp³-hybridized carbons (Fsp3) is 0.733. The first kappa shape index (κ1) is 14.9. The van der Waals surface area contributed by atoms with E-state index in [1.54, 1.807) is 0 Å². The highest BCUT2D eigenvalue weighted by Gasteiger charge is 2.23. The number of nitrogens with zero attached hydrogens (tertiary/aromatic N) is 2. The second kappa shape index (κ2) is 6.17. The van der Waals surface area contributed by atoms with Crippen LogP contribution in [0, 0.1) is 17.8 Å². The van der Waals surface area contributed by atoms with E-state index >= 15 is 0 Å². The van der Waals surface area contributed by atoms with Gasteiger partial charge in [0.25, 0.3) is 0 Å². The summed E-state index contributed by atoms with van der Waals surface area (Å²) in [6.45, 7) is 13.3. The Labute approximate surface area is 111 Å². The first-order valence-electron chi connectivity index (χ1n) is 6.94. The van der Waals surface area contributed by atoms with E-state index in [-0.39, 0.29) is 0 Å². The number of hydrogen-bond acceptors (Lipinski definition) is 3. The van der Waals surface area contributed by atoms with E-state index in [2.05, 4.69) is 46.5 Å². The van der Waals surface area contributed by atoms with Gasteiger partial charge in [-0.15, -0.1) is 0 Å². The third kappa shape index (κ3) is 3.97. The molecule has 102 valence electrons. The fourth-order valence-electron chi connectivity index (χ4n) is 2.58. The van der Waals surface area contributed by atoms with E-state index in [1.165, 1.54) is 0 Å². The summed E-state index contributed by atoms with van der Waals surface area (Å²) in [5.41, 5.74) is 6.99. The highest BCUT2D eigenvalue weighted by Crippen LogP contribution is 2.30. The minimum absolute atomic E-state index is 0.374. The molecule has 1 rings (SSSR count). The first-order valence-corrected chi connectivity index (χ1v) is 6.94. The number of aromatic nitrogens is 2. The second-order valence-corrected chi connectivity index (χ2v) is 6.25. The Bertz CT molecular complexity index is 375. The van der Waals surface area contributed by atoms with Gasteiger partial charge < -0.3 is 5.73 Å². The van der Waals surface area contributed by atoms with Crippen molar-refractivity contribution in [3.05, 3.63) is 17.6 Å². The molecule has 1 aromatic rings. The molecule has 0 aliphatic heterocycles. The summed E-state index contributed by atoms with van der Waals surface area (Å²) in [7, 11) is 0. The Hall–Kier alpha value is -1.12. The Kier molecular flexibility index (Phi) is 5.12. The van der Waals surface area contributed by atoms with Crippen LogP contribution in [0.1, 0.15) is 59.0 Å². The van der Waals surface area contributed by atoms with Gasteiger partial charge in [-0.1, -0.05) is 41.5 Å². The molecule has 1 aromatic heterocycles. The van der Waals surface area contributed by atoms with Crippen molar-refractivity contribution in [2.24, 2.45) is 17.8 Å². The van der Waals surface area contributed by atoms with Crippen LogP contribution in [-0.2, 0) is 6.42 Å². The van der Waals surface area contributed by atoms with Crippen molar-refractivity contribution in [1.29, 1.82) is 0 Å². The van der Waals surface area contributed by atoms with Gasteiger partial charge in [-0.05, 0) is 24.2 Å². The summed E-state index contributed by atoms with van der Waals surface area (Å²) >= 11 is 0. The molecule has 0 amide bonds. The molecule has 0 aromatic carbocycles. The molecule has 0 aliphatic carbocycles. The van der Waals surface area contributed by atoms with Crippen LogP contribution in [0.4, 0.5) is 5.82 Å². The van der Waals surface area contributed by atoms with Crippen molar-refractivity contribution in [1.82, 2.24) is 9.97 Å². The standard InChI is InChI=1S/C15H27N3/c1-9(2)7-12-8-13(16)18-15(17-12)14(10(3)4)11(5)6/h8-11,14H,7H2,1-6H3,(H2,16,17,18). The van der Waals surface area contributed by atoms with Crippen molar-refractivity contribution < 1.29 is 0 Å². The van der Waals surface area contributed by atoms with Gasteiger partial charge in [0.1, 0.15) is 11.6 Å². The molecule has 0 saturated carbocycles. The summed E-state index contributed by atoms with van der Waals surface area (Å²) in [5, 5.41) is 0. The predicted molar refractivity (Wildman–Crippen MR) is 77.4 cm³/mol. The maximum absolute atomic E-state index is 5.92. The van der Waals surface area contributed by atoms with E-state index in [0.717, 1.165) is 17.9 Å². The van der Waals surface area contributed by atoms with E-state index < -0.39 is 0 Å². The number of nitrogens with two attached hydrogens (primary N) is 1. The molecule has 0 saturated heterocycles. The van der Waals surface area contributed by atoms with E-state index in [1.807, 2.05) is 6.07 Å². The van der Waals surface area contributed by atoms with Gasteiger partial charge in [0, 0.05) is 17.7 Å². The van der Waals surface area contributed by atoms with E-state index in [0.29, 0.717) is 29.5 Å². The molecule has 0 spiro atoms. The van der Waals surface area contributed by atoms with Gasteiger partial charge >= 0.3 is 0 Å². The number of nitrogen functional groups attached to an aromatic ring is 1. The molecule has 0 unspecified atom stereocenters. The minimum Gasteiger partial charge on any atom is -0.384 e. The lowest BCUT2D eigenvalue weighted by Crippen LogP contribution is -2.18. The zero-order chi connectivity index (χ0) is 13.9. The molecule has 0 fully saturated rings. The fourth-order valence-corrected chi connectivity index (χ4v) is 2.58. The molecule has 2 N–H and O–H groups in total. The van der Waals surface area contributed by atoms with Crippen molar-refractivity contribution in [2.75, 3.05) is 5.73 Å². The van der Waals surface area contributed by atoms with Gasteiger partial charge in [-0.3, -0.25) is 0 Å². The summed E-state index contributed by atoms with van der Waals surface area (Å²) < 4.78 is 0. The van der Waals surface area contributed by atoms with Crippen molar-refractivity contribution >= 4 is 5.82 Å². The topological polar surface area (TPSA) is 51.8 Å². The smallest absolute Gasteiger partial charge is 0.134 e. The van der Waals surface area contributed by atoms with Gasteiger partial charge in [0.15, 0.2) is 0 Å². The van der Waals surface area contributed by atoms with Crippen LogP contribution in [0.5, 0.6) is 0 Å². The largest absolute Gasteiger partial charge is 0.384 e. The molecule has 3 heteroatoms. The molecule has 0 radical (unpaired) electrons. The molecular formula is C15H27N3. The molecule has 0 aliphatic rings. The van der Waals surface area contributed by atoms with Crippen molar-refractivity contribution in [2.45, 2.75) is 53.9 Å². The van der Waals surface area contributed by atoms with Gasteiger partial charge in [0.05, 0.1) is 0 Å². The summed E-state index contributed by atoms with van der Waals surface area (Å²) in [6, 6.07) is 1.90. The minimum atomic E-state index is 0.374. The maximum atomic E-state index is 5.92. The van der Waals surface area contributed by atoms with Crippen LogP contribution in [-0.4, -0.2) is 9.97 Å². The summed E-state index contributed by atoms with van der Waals surface area (Å²) in [4.78, 5) is 9.18. The van der Waals surface area contributed by atoms with Crippen molar-refractivity contribution in [3.63, 3.8) is 0 Å².